The van der Waals surface area contributed by atoms with Gasteiger partial charge in [-0.2, -0.15) is 0 Å². The maximum Gasteiger partial charge on any atom is 0.0583 e. The van der Waals surface area contributed by atoms with Crippen molar-refractivity contribution in [1.29, 1.82) is 0 Å². The standard InChI is InChI=1S/C9H19NO/c1-7(2)5-9(11)8-3-4-10-6-8/h7-11H,3-6H2,1-2H3/t8-,9-/m0/s1. The lowest BCUT2D eigenvalue weighted by molar-refractivity contribution is 0.0951. The Bertz CT molecular complexity index is 108. The summed E-state index contributed by atoms with van der Waals surface area (Å²) in [5, 5.41) is 12.9. The molecule has 1 aliphatic rings. The number of rotatable bonds is 3. The zero-order valence-electron chi connectivity index (χ0n) is 7.51. The third-order valence-corrected chi connectivity index (χ3v) is 2.36. The van der Waals surface area contributed by atoms with Gasteiger partial charge in [-0.15, -0.1) is 0 Å². The Hall–Kier alpha value is -0.0800. The highest BCUT2D eigenvalue weighted by molar-refractivity contribution is 4.78. The minimum absolute atomic E-state index is 0.0787. The van der Waals surface area contributed by atoms with Crippen LogP contribution in [0.5, 0.6) is 0 Å². The third kappa shape index (κ3) is 2.80. The van der Waals surface area contributed by atoms with E-state index in [1.54, 1.807) is 0 Å². The van der Waals surface area contributed by atoms with E-state index in [9.17, 15) is 5.11 Å². The molecule has 1 saturated heterocycles. The second-order valence-electron chi connectivity index (χ2n) is 3.95. The number of aliphatic hydroxyl groups is 1. The molecule has 0 amide bonds. The van der Waals surface area contributed by atoms with Crippen LogP contribution in [0.15, 0.2) is 0 Å². The molecule has 2 atom stereocenters. The van der Waals surface area contributed by atoms with Crippen molar-refractivity contribution in [3.8, 4) is 0 Å². The van der Waals surface area contributed by atoms with Gasteiger partial charge in [0.2, 0.25) is 0 Å². The fraction of sp³-hybridized carbons (Fsp3) is 1.00. The van der Waals surface area contributed by atoms with Crippen molar-refractivity contribution in [2.75, 3.05) is 13.1 Å². The van der Waals surface area contributed by atoms with E-state index in [4.69, 9.17) is 0 Å². The number of hydrogen-bond acceptors (Lipinski definition) is 2. The molecule has 1 aliphatic heterocycles. The highest BCUT2D eigenvalue weighted by atomic mass is 16.3. The Balaban J connectivity index is 2.22. The minimum atomic E-state index is -0.0787. The first-order valence-corrected chi connectivity index (χ1v) is 4.59. The Kier molecular flexibility index (Phi) is 3.34. The molecule has 2 N–H and O–H groups in total. The Morgan fingerprint density at radius 1 is 1.55 bits per heavy atom. The normalized spacial score (nSPS) is 27.8. The molecule has 0 radical (unpaired) electrons. The number of hydrogen-bond donors (Lipinski definition) is 2. The van der Waals surface area contributed by atoms with Crippen molar-refractivity contribution in [2.45, 2.75) is 32.8 Å². The van der Waals surface area contributed by atoms with E-state index in [0.717, 1.165) is 25.9 Å². The molecule has 0 aliphatic carbocycles. The molecular weight excluding hydrogens is 138 g/mol. The molecule has 0 aromatic rings. The first-order valence-electron chi connectivity index (χ1n) is 4.59. The summed E-state index contributed by atoms with van der Waals surface area (Å²) in [4.78, 5) is 0. The molecule has 1 heterocycles. The first kappa shape index (κ1) is 9.01. The van der Waals surface area contributed by atoms with E-state index >= 15 is 0 Å². The van der Waals surface area contributed by atoms with Crippen molar-refractivity contribution in [2.24, 2.45) is 11.8 Å². The number of nitrogens with one attached hydrogen (secondary N) is 1. The van der Waals surface area contributed by atoms with E-state index < -0.39 is 0 Å². The molecule has 66 valence electrons. The topological polar surface area (TPSA) is 32.3 Å². The lowest BCUT2D eigenvalue weighted by Gasteiger charge is -2.18. The second-order valence-corrected chi connectivity index (χ2v) is 3.95. The fourth-order valence-electron chi connectivity index (χ4n) is 1.68. The van der Waals surface area contributed by atoms with Crippen molar-refractivity contribution >= 4 is 0 Å². The molecule has 1 fully saturated rings. The van der Waals surface area contributed by atoms with Crippen molar-refractivity contribution in [3.05, 3.63) is 0 Å². The molecule has 2 heteroatoms. The molecule has 0 aromatic heterocycles. The summed E-state index contributed by atoms with van der Waals surface area (Å²) in [6, 6.07) is 0. The Morgan fingerprint density at radius 2 is 2.27 bits per heavy atom. The van der Waals surface area contributed by atoms with E-state index in [-0.39, 0.29) is 6.10 Å². The van der Waals surface area contributed by atoms with Gasteiger partial charge in [-0.3, -0.25) is 0 Å². The van der Waals surface area contributed by atoms with Crippen LogP contribution in [-0.4, -0.2) is 24.3 Å². The maximum atomic E-state index is 9.68. The average molecular weight is 157 g/mol. The van der Waals surface area contributed by atoms with Gasteiger partial charge in [0.1, 0.15) is 0 Å². The van der Waals surface area contributed by atoms with Crippen LogP contribution in [0.4, 0.5) is 0 Å². The van der Waals surface area contributed by atoms with E-state index in [1.807, 2.05) is 0 Å². The summed E-state index contributed by atoms with van der Waals surface area (Å²) < 4.78 is 0. The van der Waals surface area contributed by atoms with E-state index in [1.165, 1.54) is 0 Å². The van der Waals surface area contributed by atoms with Crippen LogP contribution in [-0.2, 0) is 0 Å². The van der Waals surface area contributed by atoms with Gasteiger partial charge in [-0.25, -0.2) is 0 Å². The van der Waals surface area contributed by atoms with E-state index in [0.29, 0.717) is 11.8 Å². The van der Waals surface area contributed by atoms with Crippen molar-refractivity contribution in [3.63, 3.8) is 0 Å². The van der Waals surface area contributed by atoms with Gasteiger partial charge >= 0.3 is 0 Å². The monoisotopic (exact) mass is 157 g/mol. The van der Waals surface area contributed by atoms with Gasteiger partial charge in [0.05, 0.1) is 6.10 Å². The third-order valence-electron chi connectivity index (χ3n) is 2.36. The number of aliphatic hydroxyl groups excluding tert-OH is 1. The molecular formula is C9H19NO. The lowest BCUT2D eigenvalue weighted by Crippen LogP contribution is -2.24. The zero-order chi connectivity index (χ0) is 8.27. The van der Waals surface area contributed by atoms with Crippen LogP contribution in [0.2, 0.25) is 0 Å². The van der Waals surface area contributed by atoms with Crippen LogP contribution >= 0.6 is 0 Å². The second kappa shape index (κ2) is 4.07. The SMILES string of the molecule is CC(C)C[C@H](O)[C@H]1CCNC1. The Morgan fingerprint density at radius 3 is 2.73 bits per heavy atom. The summed E-state index contributed by atoms with van der Waals surface area (Å²) in [6.45, 7) is 6.41. The smallest absolute Gasteiger partial charge is 0.0583 e. The van der Waals surface area contributed by atoms with Crippen LogP contribution in [0.3, 0.4) is 0 Å². The predicted molar refractivity (Wildman–Crippen MR) is 46.4 cm³/mol. The van der Waals surface area contributed by atoms with Gasteiger partial charge in [0, 0.05) is 6.54 Å². The lowest BCUT2D eigenvalue weighted by atomic mass is 9.94. The van der Waals surface area contributed by atoms with Crippen LogP contribution < -0.4 is 5.32 Å². The Labute approximate surface area is 69.0 Å². The molecule has 11 heavy (non-hydrogen) atoms. The largest absolute Gasteiger partial charge is 0.393 e. The highest BCUT2D eigenvalue weighted by Gasteiger charge is 2.22. The predicted octanol–water partition coefficient (Wildman–Crippen LogP) is 1.00. The molecule has 0 spiro atoms. The molecule has 0 unspecified atom stereocenters. The van der Waals surface area contributed by atoms with Crippen LogP contribution in [0, 0.1) is 11.8 Å². The minimum Gasteiger partial charge on any atom is -0.393 e. The maximum absolute atomic E-state index is 9.68. The van der Waals surface area contributed by atoms with Crippen molar-refractivity contribution in [1.82, 2.24) is 5.32 Å². The summed E-state index contributed by atoms with van der Waals surface area (Å²) in [7, 11) is 0. The first-order chi connectivity index (χ1) is 5.20. The van der Waals surface area contributed by atoms with Gasteiger partial charge in [0.15, 0.2) is 0 Å². The van der Waals surface area contributed by atoms with Gasteiger partial charge in [-0.05, 0) is 31.2 Å². The van der Waals surface area contributed by atoms with Gasteiger partial charge < -0.3 is 10.4 Å². The fourth-order valence-corrected chi connectivity index (χ4v) is 1.68. The summed E-state index contributed by atoms with van der Waals surface area (Å²) in [5.41, 5.74) is 0. The highest BCUT2D eigenvalue weighted by Crippen LogP contribution is 2.18. The van der Waals surface area contributed by atoms with Crippen LogP contribution in [0.25, 0.3) is 0 Å². The molecule has 0 aromatic carbocycles. The molecule has 2 nitrogen and oxygen atoms in total. The molecule has 1 rings (SSSR count). The van der Waals surface area contributed by atoms with E-state index in [2.05, 4.69) is 19.2 Å². The molecule has 0 saturated carbocycles. The average Bonchev–Trinajstić information content (AvgIpc) is 2.35. The quantitative estimate of drug-likeness (QED) is 0.640. The summed E-state index contributed by atoms with van der Waals surface area (Å²) in [5.74, 6) is 1.13. The molecule has 0 bridgehead atoms. The zero-order valence-corrected chi connectivity index (χ0v) is 7.51. The van der Waals surface area contributed by atoms with Gasteiger partial charge in [0.25, 0.3) is 0 Å². The van der Waals surface area contributed by atoms with Crippen LogP contribution in [0.1, 0.15) is 26.7 Å². The summed E-state index contributed by atoms with van der Waals surface area (Å²) >= 11 is 0. The van der Waals surface area contributed by atoms with Crippen molar-refractivity contribution < 1.29 is 5.11 Å². The summed E-state index contributed by atoms with van der Waals surface area (Å²) in [6.07, 6.45) is 2.02. The van der Waals surface area contributed by atoms with Gasteiger partial charge in [-0.1, -0.05) is 13.8 Å².